The summed E-state index contributed by atoms with van der Waals surface area (Å²) in [5.74, 6) is -0.954. The zero-order valence-corrected chi connectivity index (χ0v) is 9.33. The van der Waals surface area contributed by atoms with Crippen LogP contribution in [0.15, 0.2) is 11.1 Å². The van der Waals surface area contributed by atoms with Crippen LogP contribution in [0.2, 0.25) is 0 Å². The van der Waals surface area contributed by atoms with E-state index in [0.29, 0.717) is 11.1 Å². The van der Waals surface area contributed by atoms with Gasteiger partial charge in [-0.2, -0.15) is 0 Å². The molecule has 0 spiro atoms. The minimum atomic E-state index is -0.911. The van der Waals surface area contributed by atoms with Gasteiger partial charge in [0.2, 0.25) is 0 Å². The zero-order valence-electron chi connectivity index (χ0n) is 9.33. The molecule has 0 aromatic carbocycles. The van der Waals surface area contributed by atoms with E-state index >= 15 is 0 Å². The molecule has 0 amide bonds. The van der Waals surface area contributed by atoms with Crippen LogP contribution in [0.5, 0.6) is 0 Å². The molecule has 2 aliphatic rings. The van der Waals surface area contributed by atoms with E-state index in [1.165, 1.54) is 0 Å². The predicted octanol–water partition coefficient (Wildman–Crippen LogP) is 2.02. The molecular formula is C12H16O3. The van der Waals surface area contributed by atoms with Gasteiger partial charge in [0.1, 0.15) is 0 Å². The van der Waals surface area contributed by atoms with Gasteiger partial charge in [-0.15, -0.1) is 0 Å². The third-order valence-corrected chi connectivity index (χ3v) is 3.74. The first kappa shape index (κ1) is 10.4. The number of hydrogen-bond acceptors (Lipinski definition) is 2. The van der Waals surface area contributed by atoms with Crippen LogP contribution in [0.4, 0.5) is 0 Å². The highest BCUT2D eigenvalue weighted by atomic mass is 16.4. The first-order valence-electron chi connectivity index (χ1n) is 5.32. The van der Waals surface area contributed by atoms with Crippen LogP contribution >= 0.6 is 0 Å². The molecule has 82 valence electrons. The Bertz CT molecular complexity index is 376. The van der Waals surface area contributed by atoms with Crippen molar-refractivity contribution in [2.45, 2.75) is 33.6 Å². The lowest BCUT2D eigenvalue weighted by Gasteiger charge is -2.17. The number of aliphatic carboxylic acids is 1. The third-order valence-electron chi connectivity index (χ3n) is 3.74. The molecular weight excluding hydrogens is 192 g/mol. The fourth-order valence-electron chi connectivity index (χ4n) is 3.15. The molecule has 2 atom stereocenters. The maximum Gasteiger partial charge on any atom is 0.332 e. The number of carbonyl (C=O) groups is 2. The van der Waals surface area contributed by atoms with Crippen molar-refractivity contribution < 1.29 is 14.7 Å². The molecule has 0 radical (unpaired) electrons. The van der Waals surface area contributed by atoms with E-state index in [0.717, 1.165) is 12.8 Å². The second-order valence-corrected chi connectivity index (χ2v) is 5.49. The standard InChI is InChI=1S/C12H16O3/c1-6-9(11(14)15)7-4-12(2,3)5-8(7)10(6)13/h7-8H,4-5H2,1-3H3,(H,14,15)/t7-,8+/m0/s1. The van der Waals surface area contributed by atoms with Gasteiger partial charge in [-0.1, -0.05) is 13.8 Å². The smallest absolute Gasteiger partial charge is 0.332 e. The minimum Gasteiger partial charge on any atom is -0.478 e. The summed E-state index contributed by atoms with van der Waals surface area (Å²) in [4.78, 5) is 23.0. The van der Waals surface area contributed by atoms with Crippen molar-refractivity contribution in [1.29, 1.82) is 0 Å². The predicted molar refractivity (Wildman–Crippen MR) is 55.3 cm³/mol. The molecule has 0 aromatic rings. The molecule has 0 aliphatic heterocycles. The Hall–Kier alpha value is -1.12. The fourth-order valence-corrected chi connectivity index (χ4v) is 3.15. The highest BCUT2D eigenvalue weighted by Crippen LogP contribution is 2.53. The zero-order chi connectivity index (χ0) is 11.4. The highest BCUT2D eigenvalue weighted by molar-refractivity contribution is 6.08. The van der Waals surface area contributed by atoms with Gasteiger partial charge in [0, 0.05) is 23.0 Å². The minimum absolute atomic E-state index is 0.0370. The van der Waals surface area contributed by atoms with E-state index in [-0.39, 0.29) is 23.0 Å². The molecule has 0 unspecified atom stereocenters. The van der Waals surface area contributed by atoms with Crippen LogP contribution in [0, 0.1) is 17.3 Å². The lowest BCUT2D eigenvalue weighted by molar-refractivity contribution is -0.133. The first-order chi connectivity index (χ1) is 6.83. The van der Waals surface area contributed by atoms with E-state index in [2.05, 4.69) is 13.8 Å². The number of allylic oxidation sites excluding steroid dienone is 1. The quantitative estimate of drug-likeness (QED) is 0.717. The molecule has 0 bridgehead atoms. The molecule has 15 heavy (non-hydrogen) atoms. The van der Waals surface area contributed by atoms with Gasteiger partial charge < -0.3 is 5.11 Å². The topological polar surface area (TPSA) is 54.4 Å². The van der Waals surface area contributed by atoms with Crippen molar-refractivity contribution in [2.75, 3.05) is 0 Å². The number of carbonyl (C=O) groups excluding carboxylic acids is 1. The van der Waals surface area contributed by atoms with Crippen LogP contribution < -0.4 is 0 Å². The molecule has 0 heterocycles. The van der Waals surface area contributed by atoms with Crippen LogP contribution in [0.1, 0.15) is 33.6 Å². The van der Waals surface area contributed by atoms with Gasteiger partial charge in [0.25, 0.3) is 0 Å². The number of rotatable bonds is 1. The summed E-state index contributed by atoms with van der Waals surface area (Å²) in [7, 11) is 0. The van der Waals surface area contributed by atoms with E-state index in [1.54, 1.807) is 6.92 Å². The molecule has 3 nitrogen and oxygen atoms in total. The van der Waals surface area contributed by atoms with Gasteiger partial charge in [-0.3, -0.25) is 4.79 Å². The monoisotopic (exact) mass is 208 g/mol. The van der Waals surface area contributed by atoms with Crippen molar-refractivity contribution in [2.24, 2.45) is 17.3 Å². The Balaban J connectivity index is 2.41. The van der Waals surface area contributed by atoms with E-state index in [1.807, 2.05) is 0 Å². The lowest BCUT2D eigenvalue weighted by Crippen LogP contribution is -2.13. The molecule has 2 aliphatic carbocycles. The lowest BCUT2D eigenvalue weighted by atomic mass is 9.87. The van der Waals surface area contributed by atoms with Crippen LogP contribution in [0.3, 0.4) is 0 Å². The van der Waals surface area contributed by atoms with Crippen molar-refractivity contribution in [3.63, 3.8) is 0 Å². The molecule has 1 saturated carbocycles. The van der Waals surface area contributed by atoms with Crippen LogP contribution in [0.25, 0.3) is 0 Å². The van der Waals surface area contributed by atoms with Crippen molar-refractivity contribution in [1.82, 2.24) is 0 Å². The van der Waals surface area contributed by atoms with Crippen molar-refractivity contribution >= 4 is 11.8 Å². The Morgan fingerprint density at radius 2 is 1.87 bits per heavy atom. The first-order valence-corrected chi connectivity index (χ1v) is 5.32. The molecule has 1 fully saturated rings. The number of fused-ring (bicyclic) bond motifs is 1. The Morgan fingerprint density at radius 1 is 1.33 bits per heavy atom. The van der Waals surface area contributed by atoms with Crippen LogP contribution in [-0.4, -0.2) is 16.9 Å². The van der Waals surface area contributed by atoms with E-state index in [4.69, 9.17) is 5.11 Å². The Morgan fingerprint density at radius 3 is 2.40 bits per heavy atom. The van der Waals surface area contributed by atoms with Crippen molar-refractivity contribution in [3.8, 4) is 0 Å². The SMILES string of the molecule is CC1=C(C(=O)O)[C@H]2CC(C)(C)C[C@H]2C1=O. The molecule has 0 saturated heterocycles. The summed E-state index contributed by atoms with van der Waals surface area (Å²) >= 11 is 0. The van der Waals surface area contributed by atoms with E-state index < -0.39 is 5.97 Å². The van der Waals surface area contributed by atoms with Crippen LogP contribution in [-0.2, 0) is 9.59 Å². The summed E-state index contributed by atoms with van der Waals surface area (Å²) in [5, 5.41) is 9.11. The molecule has 1 N–H and O–H groups in total. The summed E-state index contributed by atoms with van der Waals surface area (Å²) in [6.07, 6.45) is 1.65. The average Bonchev–Trinajstić information content (AvgIpc) is 2.48. The van der Waals surface area contributed by atoms with Gasteiger partial charge in [-0.25, -0.2) is 4.79 Å². The maximum absolute atomic E-state index is 11.9. The third kappa shape index (κ3) is 1.41. The van der Waals surface area contributed by atoms with Gasteiger partial charge in [0.05, 0.1) is 0 Å². The summed E-state index contributed by atoms with van der Waals surface area (Å²) < 4.78 is 0. The second kappa shape index (κ2) is 2.94. The number of Topliss-reactive ketones (excluding diaryl/α,β-unsaturated/α-hetero) is 1. The number of carboxylic acid groups (broad SMARTS) is 1. The largest absolute Gasteiger partial charge is 0.478 e. The normalized spacial score (nSPS) is 33.4. The summed E-state index contributed by atoms with van der Waals surface area (Å²) in [5.41, 5.74) is 0.954. The fraction of sp³-hybridized carbons (Fsp3) is 0.667. The number of carboxylic acids is 1. The number of hydrogen-bond donors (Lipinski definition) is 1. The molecule has 3 heteroatoms. The Labute approximate surface area is 89.2 Å². The van der Waals surface area contributed by atoms with Gasteiger partial charge in [-0.05, 0) is 25.2 Å². The highest BCUT2D eigenvalue weighted by Gasteiger charge is 2.51. The summed E-state index contributed by atoms with van der Waals surface area (Å²) in [6.45, 7) is 5.86. The number of ketones is 1. The van der Waals surface area contributed by atoms with Crippen molar-refractivity contribution in [3.05, 3.63) is 11.1 Å². The molecule has 2 rings (SSSR count). The second-order valence-electron chi connectivity index (χ2n) is 5.49. The van der Waals surface area contributed by atoms with Gasteiger partial charge >= 0.3 is 5.97 Å². The van der Waals surface area contributed by atoms with E-state index in [9.17, 15) is 9.59 Å². The van der Waals surface area contributed by atoms with Gasteiger partial charge in [0.15, 0.2) is 5.78 Å². The molecule has 0 aromatic heterocycles. The Kier molecular flexibility index (Phi) is 2.04. The maximum atomic E-state index is 11.9. The average molecular weight is 208 g/mol. The summed E-state index contributed by atoms with van der Waals surface area (Å²) in [6, 6.07) is 0.